The third kappa shape index (κ3) is 16.6. The maximum atomic E-state index is 13.4. The van der Waals surface area contributed by atoms with Crippen LogP contribution in [-0.2, 0) is 32.2 Å². The molecule has 0 fully saturated rings. The molecule has 15 nitrogen and oxygen atoms in total. The predicted molar refractivity (Wildman–Crippen MR) is 257 cm³/mol. The van der Waals surface area contributed by atoms with Crippen LogP contribution < -0.4 is 27.3 Å². The molecule has 0 saturated carbocycles. The highest BCUT2D eigenvalue weighted by molar-refractivity contribution is 5.76. The molecule has 0 spiro atoms. The van der Waals surface area contributed by atoms with Crippen molar-refractivity contribution in [3.63, 3.8) is 0 Å². The van der Waals surface area contributed by atoms with E-state index in [2.05, 4.69) is 30.7 Å². The SMILES string of the molecule is C.CC.CC.CCOC(=O)Cn1cc(-c2ccnc(NC(C)C)c2)n(-c2ccc(F)cc2)c1=O.CNC(=O)Cn1cc(-c2ccnc(NC(C)C)c2)n(-c2ccc(F)cc2)c1=O.COC. The van der Waals surface area contributed by atoms with Gasteiger partial charge in [-0.05, 0) is 107 Å². The predicted octanol–water partition coefficient (Wildman–Crippen LogP) is 8.58. The van der Waals surface area contributed by atoms with Gasteiger partial charge in [-0.25, -0.2) is 28.3 Å². The summed E-state index contributed by atoms with van der Waals surface area (Å²) in [4.78, 5) is 58.3. The molecule has 0 unspecified atom stereocenters. The van der Waals surface area contributed by atoms with E-state index in [-0.39, 0.29) is 50.8 Å². The second-order valence-electron chi connectivity index (χ2n) is 13.8. The first kappa shape index (κ1) is 56.1. The smallest absolute Gasteiger partial charge is 0.333 e. The van der Waals surface area contributed by atoms with E-state index in [4.69, 9.17) is 4.74 Å². The summed E-state index contributed by atoms with van der Waals surface area (Å²) in [6.45, 7) is 17.6. The number of carbonyl (C=O) groups is 2. The van der Waals surface area contributed by atoms with E-state index in [0.29, 0.717) is 34.4 Å². The Hall–Kier alpha value is -6.88. The molecule has 4 heterocycles. The maximum Gasteiger partial charge on any atom is 0.333 e. The maximum absolute atomic E-state index is 13.4. The molecule has 354 valence electrons. The number of likely N-dealkylation sites (N-methyl/N-ethyl adjacent to an activating group) is 1. The quantitative estimate of drug-likeness (QED) is 0.0956. The molecule has 3 N–H and O–H groups in total. The molecule has 0 aliphatic rings. The number of aromatic nitrogens is 6. The normalized spacial score (nSPS) is 10.0. The summed E-state index contributed by atoms with van der Waals surface area (Å²) in [5.74, 6) is -0.258. The van der Waals surface area contributed by atoms with Crippen LogP contribution in [0.1, 0.15) is 69.7 Å². The summed E-state index contributed by atoms with van der Waals surface area (Å²) >= 11 is 0. The van der Waals surface area contributed by atoms with Crippen molar-refractivity contribution in [3.8, 4) is 33.9 Å². The average Bonchev–Trinajstić information content (AvgIpc) is 3.77. The van der Waals surface area contributed by atoms with Crippen LogP contribution in [0, 0.1) is 11.6 Å². The molecule has 0 aliphatic heterocycles. The molecule has 2 aromatic carbocycles. The zero-order chi connectivity index (χ0) is 47.9. The number of pyridine rings is 2. The van der Waals surface area contributed by atoms with E-state index >= 15 is 0 Å². The van der Waals surface area contributed by atoms with E-state index in [1.807, 2.05) is 67.5 Å². The lowest BCUT2D eigenvalue weighted by Crippen LogP contribution is -2.30. The van der Waals surface area contributed by atoms with E-state index in [0.717, 1.165) is 11.1 Å². The van der Waals surface area contributed by atoms with Crippen LogP contribution >= 0.6 is 0 Å². The van der Waals surface area contributed by atoms with Gasteiger partial charge < -0.3 is 25.4 Å². The molecule has 1 amide bonds. The van der Waals surface area contributed by atoms with Gasteiger partial charge in [0.25, 0.3) is 0 Å². The number of imidazole rings is 2. The van der Waals surface area contributed by atoms with Crippen molar-refractivity contribution in [2.75, 3.05) is 38.5 Å². The van der Waals surface area contributed by atoms with Gasteiger partial charge in [-0.1, -0.05) is 35.1 Å². The van der Waals surface area contributed by atoms with Crippen LogP contribution in [0.25, 0.3) is 33.9 Å². The fourth-order valence-corrected chi connectivity index (χ4v) is 5.81. The molecular formula is C48H67F2N9O6. The highest BCUT2D eigenvalue weighted by Gasteiger charge is 2.19. The number of hydrogen-bond donors (Lipinski definition) is 3. The van der Waals surface area contributed by atoms with Gasteiger partial charge in [0.1, 0.15) is 36.4 Å². The number of esters is 1. The fourth-order valence-electron chi connectivity index (χ4n) is 5.81. The van der Waals surface area contributed by atoms with E-state index < -0.39 is 23.3 Å². The summed E-state index contributed by atoms with van der Waals surface area (Å²) in [6, 6.07) is 18.8. The highest BCUT2D eigenvalue weighted by atomic mass is 19.1. The Balaban J connectivity index is 0.000000564. The molecule has 65 heavy (non-hydrogen) atoms. The van der Waals surface area contributed by atoms with Crippen molar-refractivity contribution in [1.82, 2.24) is 33.6 Å². The van der Waals surface area contributed by atoms with E-state index in [9.17, 15) is 28.0 Å². The standard InChI is InChI=1S/C21H23FN4O3.C20H22FN5O2.C2H6O.2C2H6.CH4/c1-4-29-20(27)13-25-12-18(15-9-10-23-19(11-15)24-14(2)3)26(21(25)28)17-7-5-16(22)6-8-17;1-13(2)24-18-10-14(8-9-23-18)17-11-25(12-19(27)22-3)20(28)26(17)16-6-4-15(21)5-7-16;1-3-2;2*1-2;/h5-12,14H,4,13H2,1-3H3,(H,23,24);4-11,13H,12H2,1-3H3,(H,22,27)(H,23,24);1-2H3;2*1-2H3;1H4. The van der Waals surface area contributed by atoms with Crippen LogP contribution in [0.15, 0.2) is 107 Å². The van der Waals surface area contributed by atoms with Gasteiger partial charge in [0.2, 0.25) is 5.91 Å². The summed E-state index contributed by atoms with van der Waals surface area (Å²) in [7, 11) is 4.76. The van der Waals surface area contributed by atoms with Gasteiger partial charge in [0, 0.05) is 69.3 Å². The van der Waals surface area contributed by atoms with E-state index in [1.165, 1.54) is 73.8 Å². The molecule has 0 aliphatic carbocycles. The first-order valence-electron chi connectivity index (χ1n) is 21.1. The Bertz CT molecular complexity index is 2460. The number of carbonyl (C=O) groups excluding carboxylic acids is 2. The first-order chi connectivity index (χ1) is 30.7. The topological polar surface area (TPSA) is 168 Å². The van der Waals surface area contributed by atoms with Gasteiger partial charge in [-0.2, -0.15) is 0 Å². The molecule has 6 rings (SSSR count). The number of hydrogen-bond acceptors (Lipinski definition) is 10. The number of anilines is 2. The van der Waals surface area contributed by atoms with E-state index in [1.54, 1.807) is 58.1 Å². The highest BCUT2D eigenvalue weighted by Crippen LogP contribution is 2.26. The summed E-state index contributed by atoms with van der Waals surface area (Å²) in [5.41, 5.74) is 2.80. The van der Waals surface area contributed by atoms with Crippen LogP contribution in [0.2, 0.25) is 0 Å². The number of rotatable bonds is 13. The van der Waals surface area contributed by atoms with Gasteiger partial charge in [0.15, 0.2) is 0 Å². The minimum atomic E-state index is -0.505. The monoisotopic (exact) mass is 904 g/mol. The van der Waals surface area contributed by atoms with Crippen LogP contribution in [0.5, 0.6) is 0 Å². The van der Waals surface area contributed by atoms with Crippen LogP contribution in [0.4, 0.5) is 20.4 Å². The van der Waals surface area contributed by atoms with Crippen molar-refractivity contribution < 1.29 is 27.8 Å². The summed E-state index contributed by atoms with van der Waals surface area (Å²) in [6.07, 6.45) is 6.50. The van der Waals surface area contributed by atoms with Gasteiger partial charge in [0.05, 0.1) is 29.4 Å². The Kier molecular flexibility index (Phi) is 24.8. The third-order valence-corrected chi connectivity index (χ3v) is 8.26. The number of benzene rings is 2. The number of amides is 1. The Morgan fingerprint density at radius 3 is 1.37 bits per heavy atom. The molecular weight excluding hydrogens is 837 g/mol. The zero-order valence-electron chi connectivity index (χ0n) is 38.9. The summed E-state index contributed by atoms with van der Waals surface area (Å²) < 4.78 is 41.5. The van der Waals surface area contributed by atoms with Crippen LogP contribution in [0.3, 0.4) is 0 Å². The van der Waals surface area contributed by atoms with Crippen molar-refractivity contribution >= 4 is 23.5 Å². The third-order valence-electron chi connectivity index (χ3n) is 8.26. The van der Waals surface area contributed by atoms with Crippen LogP contribution in [-0.4, -0.2) is 80.1 Å². The van der Waals surface area contributed by atoms with Gasteiger partial charge in [-0.15, -0.1) is 0 Å². The fraction of sp³-hybridized carbons (Fsp3) is 0.375. The summed E-state index contributed by atoms with van der Waals surface area (Å²) in [5, 5.41) is 8.96. The number of halogens is 2. The largest absolute Gasteiger partial charge is 0.465 e. The lowest BCUT2D eigenvalue weighted by Gasteiger charge is -2.11. The van der Waals surface area contributed by atoms with Crippen molar-refractivity contribution in [2.45, 2.75) is 94.9 Å². The Labute approximate surface area is 381 Å². The Morgan fingerprint density at radius 1 is 0.662 bits per heavy atom. The number of nitrogens with one attached hydrogen (secondary N) is 3. The van der Waals surface area contributed by atoms with Gasteiger partial charge >= 0.3 is 17.3 Å². The second-order valence-corrected chi connectivity index (χ2v) is 13.8. The average molecular weight is 904 g/mol. The molecule has 0 bridgehead atoms. The van der Waals surface area contributed by atoms with Crippen molar-refractivity contribution in [3.05, 3.63) is 130 Å². The molecule has 17 heteroatoms. The first-order valence-corrected chi connectivity index (χ1v) is 21.1. The molecule has 0 saturated heterocycles. The number of methoxy groups -OCH3 is 1. The van der Waals surface area contributed by atoms with Crippen molar-refractivity contribution in [1.29, 1.82) is 0 Å². The number of ether oxygens (including phenoxy) is 2. The van der Waals surface area contributed by atoms with Gasteiger partial charge in [-0.3, -0.25) is 27.9 Å². The lowest BCUT2D eigenvalue weighted by atomic mass is 10.2. The Morgan fingerprint density at radius 2 is 1.03 bits per heavy atom. The minimum absolute atomic E-state index is 0. The zero-order valence-corrected chi connectivity index (χ0v) is 38.9. The lowest BCUT2D eigenvalue weighted by molar-refractivity contribution is -0.143. The molecule has 6 aromatic rings. The molecule has 0 radical (unpaired) electrons. The molecule has 0 atom stereocenters. The van der Waals surface area contributed by atoms with Crippen molar-refractivity contribution in [2.24, 2.45) is 0 Å². The molecule has 4 aromatic heterocycles. The second kappa shape index (κ2) is 28.7. The minimum Gasteiger partial charge on any atom is -0.465 e. The number of nitrogens with zero attached hydrogens (tertiary/aromatic N) is 6.